The third kappa shape index (κ3) is 4.97. The molecule has 1 amide bonds. The first-order chi connectivity index (χ1) is 11.8. The number of aromatic nitrogens is 3. The van der Waals surface area contributed by atoms with Crippen molar-refractivity contribution in [2.24, 2.45) is 5.73 Å². The number of amides is 1. The van der Waals surface area contributed by atoms with E-state index in [2.05, 4.69) is 10.1 Å². The number of nitrogens with two attached hydrogens (primary N) is 1. The summed E-state index contributed by atoms with van der Waals surface area (Å²) in [4.78, 5) is 37.6. The van der Waals surface area contributed by atoms with Gasteiger partial charge in [-0.25, -0.2) is 9.67 Å². The summed E-state index contributed by atoms with van der Waals surface area (Å²) in [5, 5.41) is 10.9. The number of aliphatic hydroxyl groups excluding tert-OH is 1. The van der Waals surface area contributed by atoms with E-state index in [-0.39, 0.29) is 5.82 Å². The van der Waals surface area contributed by atoms with Crippen LogP contribution in [0.3, 0.4) is 0 Å². The third-order valence-corrected chi connectivity index (χ3v) is 3.28. The minimum Gasteiger partial charge on any atom is -0.456 e. The van der Waals surface area contributed by atoms with E-state index in [0.717, 1.165) is 7.11 Å². The van der Waals surface area contributed by atoms with Crippen LogP contribution in [0.2, 0.25) is 0 Å². The number of ether oxygens (including phenoxy) is 3. The van der Waals surface area contributed by atoms with E-state index < -0.39 is 42.4 Å². The van der Waals surface area contributed by atoms with Gasteiger partial charge in [0.1, 0.15) is 12.4 Å². The first-order valence-corrected chi connectivity index (χ1v) is 7.49. The van der Waals surface area contributed by atoms with Crippen molar-refractivity contribution >= 4 is 17.8 Å². The Morgan fingerprint density at radius 3 is 2.24 bits per heavy atom. The number of carbonyl (C=O) groups excluding carboxylic acids is 3. The Hall–Kier alpha value is -2.53. The van der Waals surface area contributed by atoms with Gasteiger partial charge in [-0.15, -0.1) is 5.10 Å². The van der Waals surface area contributed by atoms with Crippen LogP contribution in [0.15, 0.2) is 6.33 Å². The number of primary amides is 1. The number of nitrogens with zero attached hydrogens (tertiary/aromatic N) is 3. The van der Waals surface area contributed by atoms with E-state index >= 15 is 0 Å². The maximum atomic E-state index is 11.4. The van der Waals surface area contributed by atoms with Crippen molar-refractivity contribution in [3.63, 3.8) is 0 Å². The lowest BCUT2D eigenvalue weighted by molar-refractivity contribution is -0.165. The van der Waals surface area contributed by atoms with E-state index in [1.165, 1.54) is 24.9 Å². The van der Waals surface area contributed by atoms with Gasteiger partial charge < -0.3 is 25.1 Å². The Kier molecular flexibility index (Phi) is 7.45. The number of hydrogen-bond donors (Lipinski definition) is 2. The molecule has 1 aromatic rings. The van der Waals surface area contributed by atoms with Crippen LogP contribution in [0.25, 0.3) is 0 Å². The second-order valence-electron chi connectivity index (χ2n) is 5.03. The van der Waals surface area contributed by atoms with E-state index in [9.17, 15) is 14.4 Å². The van der Waals surface area contributed by atoms with Gasteiger partial charge in [0.05, 0.1) is 0 Å². The molecule has 0 radical (unpaired) electrons. The molecule has 0 saturated carbocycles. The van der Waals surface area contributed by atoms with Gasteiger partial charge in [-0.3, -0.25) is 14.4 Å². The van der Waals surface area contributed by atoms with Crippen LogP contribution in [0.5, 0.6) is 0 Å². The topological polar surface area (TPSA) is 156 Å². The number of esters is 2. The molecule has 0 aliphatic carbocycles. The van der Waals surface area contributed by atoms with Crippen LogP contribution in [0.4, 0.5) is 0 Å². The van der Waals surface area contributed by atoms with Crippen LogP contribution in [0, 0.1) is 0 Å². The molecule has 140 valence electrons. The predicted octanol–water partition coefficient (Wildman–Crippen LogP) is -0.844. The molecule has 3 N–H and O–H groups in total. The average molecular weight is 358 g/mol. The molecule has 25 heavy (non-hydrogen) atoms. The molecule has 0 spiro atoms. The molecule has 1 fully saturated rings. The number of aliphatic hydroxyl groups is 1. The lowest BCUT2D eigenvalue weighted by Gasteiger charge is -2.22. The van der Waals surface area contributed by atoms with Gasteiger partial charge in [-0.2, -0.15) is 0 Å². The van der Waals surface area contributed by atoms with Gasteiger partial charge in [0.2, 0.25) is 5.82 Å². The summed E-state index contributed by atoms with van der Waals surface area (Å²) in [7, 11) is 1.00. The summed E-state index contributed by atoms with van der Waals surface area (Å²) in [6.45, 7) is 4.33. The molecule has 0 bridgehead atoms. The van der Waals surface area contributed by atoms with Crippen LogP contribution in [0.1, 0.15) is 44.0 Å². The summed E-state index contributed by atoms with van der Waals surface area (Å²) >= 11 is 0. The lowest BCUT2D eigenvalue weighted by atomic mass is 10.1. The van der Waals surface area contributed by atoms with E-state index in [1.54, 1.807) is 0 Å². The summed E-state index contributed by atoms with van der Waals surface area (Å²) < 4.78 is 17.5. The Bertz CT molecular complexity index is 618. The first-order valence-electron chi connectivity index (χ1n) is 7.49. The lowest BCUT2D eigenvalue weighted by Crippen LogP contribution is -2.38. The van der Waals surface area contributed by atoms with Gasteiger partial charge in [0.15, 0.2) is 18.4 Å². The highest BCUT2D eigenvalue weighted by molar-refractivity contribution is 5.88. The number of rotatable bonds is 5. The highest BCUT2D eigenvalue weighted by atomic mass is 16.6. The fourth-order valence-corrected chi connectivity index (χ4v) is 2.41. The minimum absolute atomic E-state index is 0.195. The zero-order valence-electron chi connectivity index (χ0n) is 14.4. The summed E-state index contributed by atoms with van der Waals surface area (Å²) in [5.74, 6) is -2.08. The van der Waals surface area contributed by atoms with Crippen molar-refractivity contribution in [1.82, 2.24) is 14.8 Å². The van der Waals surface area contributed by atoms with Crippen molar-refractivity contribution in [2.45, 2.75) is 51.7 Å². The predicted molar refractivity (Wildman–Crippen MR) is 82.0 cm³/mol. The summed E-state index contributed by atoms with van der Waals surface area (Å²) in [6, 6.07) is 0. The highest BCUT2D eigenvalue weighted by Gasteiger charge is 2.49. The molecule has 11 nitrogen and oxygen atoms in total. The second kappa shape index (κ2) is 9.08. The summed E-state index contributed by atoms with van der Waals surface area (Å²) in [5.41, 5.74) is 5.12. The zero-order valence-corrected chi connectivity index (χ0v) is 14.4. The Morgan fingerprint density at radius 2 is 1.80 bits per heavy atom. The van der Waals surface area contributed by atoms with Gasteiger partial charge in [-0.05, 0) is 6.42 Å². The normalized spacial score (nSPS) is 24.8. The van der Waals surface area contributed by atoms with Gasteiger partial charge in [0, 0.05) is 21.0 Å². The van der Waals surface area contributed by atoms with Crippen molar-refractivity contribution < 1.29 is 33.7 Å². The SMILES string of the molecule is CC[C@H]1O[C@@H](n2cnc(C(N)=O)n2)[C@@H](OC(C)=O)C1OC(C)=O.CO. The molecule has 1 saturated heterocycles. The van der Waals surface area contributed by atoms with E-state index in [0.29, 0.717) is 6.42 Å². The van der Waals surface area contributed by atoms with Crippen LogP contribution >= 0.6 is 0 Å². The quantitative estimate of drug-likeness (QED) is 0.640. The first kappa shape index (κ1) is 20.5. The fraction of sp³-hybridized carbons (Fsp3) is 0.643. The minimum atomic E-state index is -0.913. The standard InChI is InChI=1S/C13H18N4O6.CH4O/c1-4-8-9(21-6(2)18)10(22-7(3)19)13(23-8)17-5-15-12(16-17)11(14)20;1-2/h5,8-10,13H,4H2,1-3H3,(H2,14,20);2H,1H3/t8-,9?,10+,13-;/m1./s1. The van der Waals surface area contributed by atoms with Crippen molar-refractivity contribution in [3.05, 3.63) is 12.2 Å². The summed E-state index contributed by atoms with van der Waals surface area (Å²) in [6.07, 6.45) is -1.31. The molecule has 0 aromatic carbocycles. The van der Waals surface area contributed by atoms with Crippen molar-refractivity contribution in [1.29, 1.82) is 0 Å². The van der Waals surface area contributed by atoms with E-state index in [1.807, 2.05) is 6.92 Å². The molecule has 4 atom stereocenters. The molecule has 1 aliphatic rings. The van der Waals surface area contributed by atoms with E-state index in [4.69, 9.17) is 25.1 Å². The third-order valence-electron chi connectivity index (χ3n) is 3.28. The molecule has 11 heteroatoms. The molecular formula is C14H22N4O7. The average Bonchev–Trinajstić information content (AvgIpc) is 3.14. The number of hydrogen-bond acceptors (Lipinski definition) is 9. The van der Waals surface area contributed by atoms with Gasteiger partial charge in [-0.1, -0.05) is 6.92 Å². The Morgan fingerprint density at radius 1 is 1.24 bits per heavy atom. The van der Waals surface area contributed by atoms with Crippen molar-refractivity contribution in [2.75, 3.05) is 7.11 Å². The van der Waals surface area contributed by atoms with Crippen LogP contribution in [-0.4, -0.2) is 63.1 Å². The Balaban J connectivity index is 0.00000151. The van der Waals surface area contributed by atoms with Crippen LogP contribution < -0.4 is 5.73 Å². The molecule has 2 rings (SSSR count). The molecule has 1 unspecified atom stereocenters. The molecule has 1 aliphatic heterocycles. The maximum absolute atomic E-state index is 11.4. The van der Waals surface area contributed by atoms with Crippen molar-refractivity contribution in [3.8, 4) is 0 Å². The van der Waals surface area contributed by atoms with Gasteiger partial charge in [0.25, 0.3) is 5.91 Å². The fourth-order valence-electron chi connectivity index (χ4n) is 2.41. The highest BCUT2D eigenvalue weighted by Crippen LogP contribution is 2.34. The number of carbonyl (C=O) groups is 3. The largest absolute Gasteiger partial charge is 0.456 e. The smallest absolute Gasteiger partial charge is 0.303 e. The second-order valence-corrected chi connectivity index (χ2v) is 5.03. The molecular weight excluding hydrogens is 336 g/mol. The zero-order chi connectivity index (χ0) is 19.1. The van der Waals surface area contributed by atoms with Crippen LogP contribution in [-0.2, 0) is 23.8 Å². The van der Waals surface area contributed by atoms with Gasteiger partial charge >= 0.3 is 11.9 Å². The molecule has 2 heterocycles. The maximum Gasteiger partial charge on any atom is 0.303 e. The molecule has 1 aromatic heterocycles. The monoisotopic (exact) mass is 358 g/mol. The Labute approximate surface area is 144 Å².